The second-order valence-corrected chi connectivity index (χ2v) is 7.88. The highest BCUT2D eigenvalue weighted by molar-refractivity contribution is 6.30. The third-order valence-corrected chi connectivity index (χ3v) is 5.04. The van der Waals surface area contributed by atoms with E-state index >= 15 is 0 Å². The van der Waals surface area contributed by atoms with Crippen molar-refractivity contribution >= 4 is 23.2 Å². The minimum Gasteiger partial charge on any atom is -0.457 e. The molecule has 0 aliphatic carbocycles. The quantitative estimate of drug-likeness (QED) is 0.271. The molecule has 0 aliphatic heterocycles. The van der Waals surface area contributed by atoms with E-state index in [0.29, 0.717) is 32.9 Å². The van der Waals surface area contributed by atoms with Crippen molar-refractivity contribution < 1.29 is 9.47 Å². The number of aromatic amines is 1. The highest BCUT2D eigenvalue weighted by Gasteiger charge is 2.03. The summed E-state index contributed by atoms with van der Waals surface area (Å²) in [6, 6.07) is 30.7. The lowest BCUT2D eigenvalue weighted by Gasteiger charge is -2.05. The number of nitriles is 1. The van der Waals surface area contributed by atoms with Gasteiger partial charge in [0.25, 0.3) is 0 Å². The summed E-state index contributed by atoms with van der Waals surface area (Å²) in [6.45, 7) is 0. The van der Waals surface area contributed by atoms with E-state index in [2.05, 4.69) is 26.7 Å². The van der Waals surface area contributed by atoms with Crippen molar-refractivity contribution in [1.82, 2.24) is 20.6 Å². The summed E-state index contributed by atoms with van der Waals surface area (Å²) < 4.78 is 11.2. The number of aromatic nitrogens is 4. The van der Waals surface area contributed by atoms with Gasteiger partial charge in [-0.05, 0) is 102 Å². The van der Waals surface area contributed by atoms with Crippen molar-refractivity contribution in [2.24, 2.45) is 0 Å². The van der Waals surface area contributed by atoms with Crippen LogP contribution in [0.4, 0.5) is 0 Å². The van der Waals surface area contributed by atoms with E-state index in [1.807, 2.05) is 36.4 Å². The maximum absolute atomic E-state index is 8.64. The summed E-state index contributed by atoms with van der Waals surface area (Å²) in [5.74, 6) is 3.43. The maximum atomic E-state index is 8.64. The molecule has 0 fully saturated rings. The third-order valence-electron chi connectivity index (χ3n) is 4.54. The molecular formula is C26H17Cl2N5O2. The van der Waals surface area contributed by atoms with Gasteiger partial charge in [-0.25, -0.2) is 0 Å². The van der Waals surface area contributed by atoms with Crippen LogP contribution in [0.15, 0.2) is 97.1 Å². The van der Waals surface area contributed by atoms with Crippen LogP contribution in [0.25, 0.3) is 11.4 Å². The van der Waals surface area contributed by atoms with Gasteiger partial charge in [-0.15, -0.1) is 10.2 Å². The second kappa shape index (κ2) is 11.7. The molecule has 4 aromatic carbocycles. The van der Waals surface area contributed by atoms with Gasteiger partial charge >= 0.3 is 0 Å². The van der Waals surface area contributed by atoms with E-state index in [0.717, 1.165) is 17.1 Å². The van der Waals surface area contributed by atoms with E-state index in [1.165, 1.54) is 0 Å². The number of hydrogen-bond acceptors (Lipinski definition) is 6. The van der Waals surface area contributed by atoms with E-state index in [-0.39, 0.29) is 0 Å². The second-order valence-electron chi connectivity index (χ2n) is 7.01. The SMILES string of the molecule is Clc1ccc(Oc2ccc(-c3nn[nH]n3)cc2)cc1.N#Cc1ccc(Oc2ccc(Cl)cc2)cc1. The summed E-state index contributed by atoms with van der Waals surface area (Å²) >= 11 is 11.6. The zero-order chi connectivity index (χ0) is 24.5. The molecule has 0 bridgehead atoms. The van der Waals surface area contributed by atoms with Crippen molar-refractivity contribution in [2.45, 2.75) is 0 Å². The molecule has 0 saturated carbocycles. The molecule has 9 heteroatoms. The van der Waals surface area contributed by atoms with Crippen LogP contribution >= 0.6 is 23.2 Å². The zero-order valence-corrected chi connectivity index (χ0v) is 19.6. The van der Waals surface area contributed by atoms with Gasteiger partial charge in [0.1, 0.15) is 23.0 Å². The lowest BCUT2D eigenvalue weighted by Crippen LogP contribution is -1.85. The fourth-order valence-corrected chi connectivity index (χ4v) is 3.08. The number of nitrogens with one attached hydrogen (secondary N) is 1. The summed E-state index contributed by atoms with van der Waals surface area (Å²) in [7, 11) is 0. The molecule has 0 saturated heterocycles. The van der Waals surface area contributed by atoms with E-state index in [4.69, 9.17) is 37.9 Å². The lowest BCUT2D eigenvalue weighted by molar-refractivity contribution is 0.482. The van der Waals surface area contributed by atoms with Gasteiger partial charge in [-0.3, -0.25) is 0 Å². The van der Waals surface area contributed by atoms with Gasteiger partial charge in [0, 0.05) is 15.6 Å². The molecule has 0 atom stereocenters. The summed E-state index contributed by atoms with van der Waals surface area (Å²) in [6.07, 6.45) is 0. The van der Waals surface area contributed by atoms with E-state index in [9.17, 15) is 0 Å². The molecule has 0 aliphatic rings. The number of benzene rings is 4. The smallest absolute Gasteiger partial charge is 0.204 e. The van der Waals surface area contributed by atoms with E-state index in [1.54, 1.807) is 60.7 Å². The molecule has 35 heavy (non-hydrogen) atoms. The first-order valence-electron chi connectivity index (χ1n) is 10.3. The van der Waals surface area contributed by atoms with Crippen molar-refractivity contribution in [3.8, 4) is 40.5 Å². The Hall–Kier alpha value is -4.38. The number of tetrazole rings is 1. The summed E-state index contributed by atoms with van der Waals surface area (Å²) in [5.41, 5.74) is 1.49. The van der Waals surface area contributed by atoms with Crippen LogP contribution in [-0.2, 0) is 0 Å². The van der Waals surface area contributed by atoms with Crippen LogP contribution in [0.1, 0.15) is 5.56 Å². The Kier molecular flexibility index (Phi) is 7.92. The Morgan fingerprint density at radius 3 is 1.46 bits per heavy atom. The van der Waals surface area contributed by atoms with Crippen LogP contribution in [0, 0.1) is 11.3 Å². The minimum atomic E-state index is 0.554. The van der Waals surface area contributed by atoms with Crippen LogP contribution < -0.4 is 9.47 Å². The Morgan fingerprint density at radius 2 is 1.06 bits per heavy atom. The average molecular weight is 502 g/mol. The molecule has 5 rings (SSSR count). The predicted molar refractivity (Wildman–Crippen MR) is 134 cm³/mol. The summed E-state index contributed by atoms with van der Waals surface area (Å²) in [5, 5.41) is 23.7. The minimum absolute atomic E-state index is 0.554. The standard InChI is InChI=1S/C13H9ClN4O.C13H8ClNO/c14-10-3-7-12(8-4-10)19-11-5-1-9(2-6-11)13-15-17-18-16-13;14-11-3-7-13(8-4-11)16-12-5-1-10(9-15)2-6-12/h1-8H,(H,15,16,17,18);1-8H. The molecule has 1 N–H and O–H groups in total. The van der Waals surface area contributed by atoms with Gasteiger partial charge in [0.05, 0.1) is 11.6 Å². The number of ether oxygens (including phenoxy) is 2. The topological polar surface area (TPSA) is 96.7 Å². The maximum Gasteiger partial charge on any atom is 0.204 e. The van der Waals surface area contributed by atoms with E-state index < -0.39 is 0 Å². The number of H-pyrrole nitrogens is 1. The first-order valence-corrected chi connectivity index (χ1v) is 11.1. The molecule has 1 aromatic heterocycles. The Balaban J connectivity index is 0.000000168. The third kappa shape index (κ3) is 7.05. The lowest BCUT2D eigenvalue weighted by atomic mass is 10.2. The first kappa shape index (κ1) is 23.8. The molecular weight excluding hydrogens is 485 g/mol. The summed E-state index contributed by atoms with van der Waals surface area (Å²) in [4.78, 5) is 0. The van der Waals surface area contributed by atoms with Crippen LogP contribution in [0.2, 0.25) is 10.0 Å². The number of halogens is 2. The predicted octanol–water partition coefficient (Wildman–Crippen LogP) is 7.32. The van der Waals surface area contributed by atoms with Crippen molar-refractivity contribution in [1.29, 1.82) is 5.26 Å². The molecule has 1 heterocycles. The molecule has 5 aromatic rings. The number of rotatable bonds is 5. The van der Waals surface area contributed by atoms with Crippen molar-refractivity contribution in [3.05, 3.63) is 113 Å². The Bertz CT molecular complexity index is 1380. The van der Waals surface area contributed by atoms with Gasteiger partial charge in [0.2, 0.25) is 5.82 Å². The normalized spacial score (nSPS) is 9.97. The molecule has 0 amide bonds. The molecule has 7 nitrogen and oxygen atoms in total. The number of nitrogens with zero attached hydrogens (tertiary/aromatic N) is 4. The molecule has 0 unspecified atom stereocenters. The molecule has 0 spiro atoms. The largest absolute Gasteiger partial charge is 0.457 e. The Labute approximate surface area is 211 Å². The van der Waals surface area contributed by atoms with Crippen LogP contribution in [0.3, 0.4) is 0 Å². The molecule has 172 valence electrons. The zero-order valence-electron chi connectivity index (χ0n) is 18.1. The monoisotopic (exact) mass is 501 g/mol. The Morgan fingerprint density at radius 1 is 0.629 bits per heavy atom. The van der Waals surface area contributed by atoms with Crippen LogP contribution in [-0.4, -0.2) is 20.6 Å². The van der Waals surface area contributed by atoms with Gasteiger partial charge in [-0.1, -0.05) is 23.2 Å². The van der Waals surface area contributed by atoms with Gasteiger partial charge in [-0.2, -0.15) is 10.5 Å². The highest BCUT2D eigenvalue weighted by Crippen LogP contribution is 2.25. The van der Waals surface area contributed by atoms with Crippen molar-refractivity contribution in [2.75, 3.05) is 0 Å². The van der Waals surface area contributed by atoms with Gasteiger partial charge in [0.15, 0.2) is 0 Å². The van der Waals surface area contributed by atoms with Gasteiger partial charge < -0.3 is 9.47 Å². The highest BCUT2D eigenvalue weighted by atomic mass is 35.5. The van der Waals surface area contributed by atoms with Crippen molar-refractivity contribution in [3.63, 3.8) is 0 Å². The fraction of sp³-hybridized carbons (Fsp3) is 0. The molecule has 0 radical (unpaired) electrons. The fourth-order valence-electron chi connectivity index (χ4n) is 2.83. The first-order chi connectivity index (χ1) is 17.1. The average Bonchev–Trinajstić information content (AvgIpc) is 3.43. The number of hydrogen-bond donors (Lipinski definition) is 1. The van der Waals surface area contributed by atoms with Crippen LogP contribution in [0.5, 0.6) is 23.0 Å².